The maximum atomic E-state index is 13.9. The van der Waals surface area contributed by atoms with Crippen molar-refractivity contribution in [3.8, 4) is 11.6 Å². The fraction of sp³-hybridized carbons (Fsp3) is 0.478. The Labute approximate surface area is 186 Å². The Hall–Kier alpha value is -2.78. The van der Waals surface area contributed by atoms with Crippen molar-refractivity contribution in [1.29, 1.82) is 0 Å². The predicted octanol–water partition coefficient (Wildman–Crippen LogP) is 2.37. The van der Waals surface area contributed by atoms with Crippen LogP contribution in [0, 0.1) is 11.6 Å². The summed E-state index contributed by atoms with van der Waals surface area (Å²) in [4.78, 5) is 19.3. The van der Waals surface area contributed by atoms with E-state index >= 15 is 0 Å². The summed E-state index contributed by atoms with van der Waals surface area (Å²) >= 11 is 0. The van der Waals surface area contributed by atoms with Gasteiger partial charge in [0.15, 0.2) is 11.6 Å². The highest BCUT2D eigenvalue weighted by molar-refractivity contribution is 5.96. The number of carbonyl (C=O) groups excluding carboxylic acids is 1. The first kappa shape index (κ1) is 22.4. The van der Waals surface area contributed by atoms with E-state index in [1.807, 2.05) is 0 Å². The fourth-order valence-corrected chi connectivity index (χ4v) is 4.48. The minimum atomic E-state index is -0.681. The molecule has 0 spiro atoms. The average molecular weight is 446 g/mol. The van der Waals surface area contributed by atoms with E-state index < -0.39 is 11.6 Å². The maximum absolute atomic E-state index is 13.9. The Balaban J connectivity index is 1.35. The van der Waals surface area contributed by atoms with Crippen LogP contribution in [0.3, 0.4) is 0 Å². The highest BCUT2D eigenvalue weighted by Crippen LogP contribution is 2.25. The van der Waals surface area contributed by atoms with E-state index in [2.05, 4.69) is 20.5 Å². The van der Waals surface area contributed by atoms with Gasteiger partial charge in [-0.3, -0.25) is 9.69 Å². The molecule has 2 saturated heterocycles. The number of halogens is 2. The summed E-state index contributed by atoms with van der Waals surface area (Å²) < 4.78 is 38.0. The number of piperidine rings is 2. The Bertz CT molecular complexity index is 937. The number of pyridine rings is 1. The zero-order chi connectivity index (χ0) is 22.5. The number of nitrogens with zero attached hydrogens (tertiary/aromatic N) is 2. The van der Waals surface area contributed by atoms with E-state index in [1.54, 1.807) is 18.3 Å². The molecule has 2 N–H and O–H groups in total. The van der Waals surface area contributed by atoms with Gasteiger partial charge in [-0.15, -0.1) is 0 Å². The molecule has 2 atom stereocenters. The molecule has 7 nitrogen and oxygen atoms in total. The van der Waals surface area contributed by atoms with E-state index in [4.69, 9.17) is 9.47 Å². The molecule has 2 unspecified atom stereocenters. The molecule has 2 aromatic rings. The van der Waals surface area contributed by atoms with Crippen molar-refractivity contribution in [2.24, 2.45) is 0 Å². The minimum Gasteiger partial charge on any atom is -0.487 e. The number of methoxy groups -OCH3 is 1. The lowest BCUT2D eigenvalue weighted by Crippen LogP contribution is -2.61. The highest BCUT2D eigenvalue weighted by Gasteiger charge is 2.34. The molecule has 0 radical (unpaired) electrons. The first-order valence-electron chi connectivity index (χ1n) is 10.9. The number of hydrogen-bond acceptors (Lipinski definition) is 6. The number of likely N-dealkylation sites (tertiary alicyclic amines) is 1. The van der Waals surface area contributed by atoms with E-state index in [9.17, 15) is 13.6 Å². The molecule has 4 rings (SSSR count). The molecule has 1 aromatic carbocycles. The first-order chi connectivity index (χ1) is 15.5. The second-order valence-corrected chi connectivity index (χ2v) is 8.13. The standard InChI is InChI=1S/C23H28F2N4O3/c1-31-23-17(3-2-9-27-23)22(30)28-19-14-26-10-6-20(19)29-11-7-16(8-12-29)32-21-5-4-15(24)13-18(21)25/h2-5,9,13,16,19-20,26H,6-8,10-12,14H2,1H3,(H,28,30). The molecule has 2 aliphatic rings. The molecule has 1 aromatic heterocycles. The lowest BCUT2D eigenvalue weighted by Gasteiger charge is -2.43. The molecule has 2 aliphatic heterocycles. The van der Waals surface area contributed by atoms with Crippen LogP contribution < -0.4 is 20.1 Å². The van der Waals surface area contributed by atoms with Gasteiger partial charge in [-0.25, -0.2) is 13.8 Å². The summed E-state index contributed by atoms with van der Waals surface area (Å²) in [7, 11) is 1.49. The topological polar surface area (TPSA) is 75.7 Å². The number of carbonyl (C=O) groups is 1. The molecule has 0 saturated carbocycles. The minimum absolute atomic E-state index is 0.0619. The number of aromatic nitrogens is 1. The second kappa shape index (κ2) is 10.2. The van der Waals surface area contributed by atoms with Gasteiger partial charge in [0.05, 0.1) is 13.2 Å². The summed E-state index contributed by atoms with van der Waals surface area (Å²) in [5, 5.41) is 6.50. The molecule has 2 fully saturated rings. The van der Waals surface area contributed by atoms with Crippen LogP contribution in [-0.4, -0.2) is 67.3 Å². The quantitative estimate of drug-likeness (QED) is 0.710. The van der Waals surface area contributed by atoms with Crippen molar-refractivity contribution in [1.82, 2.24) is 20.5 Å². The van der Waals surface area contributed by atoms with E-state index in [0.717, 1.165) is 45.0 Å². The SMILES string of the molecule is COc1ncccc1C(=O)NC1CNCCC1N1CCC(Oc2ccc(F)cc2F)CC1. The summed E-state index contributed by atoms with van der Waals surface area (Å²) in [5.41, 5.74) is 0.410. The summed E-state index contributed by atoms with van der Waals surface area (Å²) in [5.74, 6) is -1.12. The van der Waals surface area contributed by atoms with Crippen LogP contribution in [0.1, 0.15) is 29.6 Å². The molecule has 9 heteroatoms. The third-order valence-electron chi connectivity index (χ3n) is 6.10. The van der Waals surface area contributed by atoms with Crippen LogP contribution in [0.2, 0.25) is 0 Å². The molecular weight excluding hydrogens is 418 g/mol. The Kier molecular flexibility index (Phi) is 7.16. The molecular formula is C23H28F2N4O3. The van der Waals surface area contributed by atoms with Gasteiger partial charge in [-0.2, -0.15) is 0 Å². The lowest BCUT2D eigenvalue weighted by molar-refractivity contribution is 0.0487. The third kappa shape index (κ3) is 5.16. The van der Waals surface area contributed by atoms with Gasteiger partial charge >= 0.3 is 0 Å². The van der Waals surface area contributed by atoms with Crippen molar-refractivity contribution in [2.45, 2.75) is 37.5 Å². The van der Waals surface area contributed by atoms with Crippen LogP contribution in [0.15, 0.2) is 36.5 Å². The van der Waals surface area contributed by atoms with Gasteiger partial charge in [0.1, 0.15) is 17.5 Å². The number of hydrogen-bond donors (Lipinski definition) is 2. The largest absolute Gasteiger partial charge is 0.487 e. The Morgan fingerprint density at radius 2 is 2.03 bits per heavy atom. The molecule has 172 valence electrons. The van der Waals surface area contributed by atoms with Gasteiger partial charge in [-0.05, 0) is 50.1 Å². The first-order valence-corrected chi connectivity index (χ1v) is 10.9. The molecule has 3 heterocycles. The number of benzene rings is 1. The second-order valence-electron chi connectivity index (χ2n) is 8.13. The van der Waals surface area contributed by atoms with E-state index in [0.29, 0.717) is 18.0 Å². The summed E-state index contributed by atoms with van der Waals surface area (Å²) in [6.07, 6.45) is 3.84. The van der Waals surface area contributed by atoms with Crippen molar-refractivity contribution in [3.05, 3.63) is 53.7 Å². The summed E-state index contributed by atoms with van der Waals surface area (Å²) in [6.45, 7) is 3.11. The van der Waals surface area contributed by atoms with Gasteiger partial charge < -0.3 is 20.1 Å². The molecule has 32 heavy (non-hydrogen) atoms. The average Bonchev–Trinajstić information content (AvgIpc) is 2.82. The Morgan fingerprint density at radius 1 is 1.22 bits per heavy atom. The van der Waals surface area contributed by atoms with E-state index in [1.165, 1.54) is 19.2 Å². The predicted molar refractivity (Wildman–Crippen MR) is 115 cm³/mol. The van der Waals surface area contributed by atoms with Crippen molar-refractivity contribution >= 4 is 5.91 Å². The molecule has 0 bridgehead atoms. The summed E-state index contributed by atoms with van der Waals surface area (Å²) in [6, 6.07) is 6.91. The van der Waals surface area contributed by atoms with Gasteiger partial charge in [0.25, 0.3) is 5.91 Å². The van der Waals surface area contributed by atoms with Crippen LogP contribution in [0.25, 0.3) is 0 Å². The third-order valence-corrected chi connectivity index (χ3v) is 6.10. The van der Waals surface area contributed by atoms with Gasteiger partial charge in [-0.1, -0.05) is 0 Å². The monoisotopic (exact) mass is 446 g/mol. The number of nitrogens with one attached hydrogen (secondary N) is 2. The number of rotatable bonds is 6. The van der Waals surface area contributed by atoms with E-state index in [-0.39, 0.29) is 29.8 Å². The van der Waals surface area contributed by atoms with Gasteiger partial charge in [0, 0.05) is 37.9 Å². The van der Waals surface area contributed by atoms with Crippen LogP contribution in [-0.2, 0) is 0 Å². The van der Waals surface area contributed by atoms with Crippen molar-refractivity contribution < 1.29 is 23.0 Å². The number of ether oxygens (including phenoxy) is 2. The van der Waals surface area contributed by atoms with Crippen LogP contribution in [0.5, 0.6) is 11.6 Å². The highest BCUT2D eigenvalue weighted by atomic mass is 19.1. The van der Waals surface area contributed by atoms with Crippen LogP contribution in [0.4, 0.5) is 8.78 Å². The Morgan fingerprint density at radius 3 is 2.78 bits per heavy atom. The smallest absolute Gasteiger partial charge is 0.257 e. The van der Waals surface area contributed by atoms with Crippen molar-refractivity contribution in [3.63, 3.8) is 0 Å². The fourth-order valence-electron chi connectivity index (χ4n) is 4.48. The molecule has 0 aliphatic carbocycles. The zero-order valence-electron chi connectivity index (χ0n) is 18.0. The zero-order valence-corrected chi connectivity index (χ0v) is 18.0. The van der Waals surface area contributed by atoms with Gasteiger partial charge in [0.2, 0.25) is 5.88 Å². The normalized spacial score (nSPS) is 22.3. The molecule has 1 amide bonds. The van der Waals surface area contributed by atoms with Crippen molar-refractivity contribution in [2.75, 3.05) is 33.3 Å². The lowest BCUT2D eigenvalue weighted by atomic mass is 9.95. The van der Waals surface area contributed by atoms with Crippen LogP contribution >= 0.6 is 0 Å². The number of amides is 1. The maximum Gasteiger partial charge on any atom is 0.257 e.